The van der Waals surface area contributed by atoms with E-state index in [0.717, 1.165) is 41.3 Å². The molecule has 60 heavy (non-hydrogen) atoms. The molecule has 0 radical (unpaired) electrons. The Bertz CT molecular complexity index is 1970. The highest BCUT2D eigenvalue weighted by Crippen LogP contribution is 2.28. The summed E-state index contributed by atoms with van der Waals surface area (Å²) in [6.45, 7) is 6.16. The van der Waals surface area contributed by atoms with Gasteiger partial charge in [-0.15, -0.1) is 13.2 Å². The third-order valence-corrected chi connectivity index (χ3v) is 10.6. The highest BCUT2D eigenvalue weighted by Gasteiger charge is 2.46. The lowest BCUT2D eigenvalue weighted by Gasteiger charge is -2.36. The van der Waals surface area contributed by atoms with Gasteiger partial charge in [0, 0.05) is 38.3 Å². The van der Waals surface area contributed by atoms with Gasteiger partial charge in [-0.05, 0) is 87.9 Å². The first-order valence-corrected chi connectivity index (χ1v) is 19.2. The number of amides is 7. The second kappa shape index (κ2) is 18.5. The minimum absolute atomic E-state index is 0.0234. The fraction of sp³-hybridized carbons (Fsp3) is 0.513. The van der Waals surface area contributed by atoms with E-state index in [9.17, 15) is 55.5 Å². The molecule has 326 valence electrons. The van der Waals surface area contributed by atoms with E-state index in [0.29, 0.717) is 12.5 Å². The van der Waals surface area contributed by atoms with Crippen molar-refractivity contribution in [2.24, 2.45) is 5.92 Å². The Balaban J connectivity index is 1.47. The molecule has 8 atom stereocenters. The van der Waals surface area contributed by atoms with Gasteiger partial charge in [0.1, 0.15) is 59.7 Å². The zero-order valence-corrected chi connectivity index (χ0v) is 33.3. The number of cyclic esters (lactones) is 1. The SMILES string of the molecule is CC1CC2C(=O)OC(C)C(NC(=O)C(Cc3cc(F)cc(F)c3)NC(=O)Nc3ccc(OC(F)(F)F)cc3)C(=O)N3CCCC3C(=O)N(C)C(C)C(=O)NC(C)C(=O)N2C1. The van der Waals surface area contributed by atoms with Crippen LogP contribution < -0.4 is 26.0 Å². The number of halogens is 5. The summed E-state index contributed by atoms with van der Waals surface area (Å²) in [7, 11) is 1.37. The molecule has 16 nitrogen and oxygen atoms in total. The Hall–Kier alpha value is -6.02. The molecule has 0 aromatic heterocycles. The van der Waals surface area contributed by atoms with E-state index in [2.05, 4.69) is 26.0 Å². The standard InChI is InChI=1S/C39H46F5N7O9/c1-19-13-30-37(57)59-22(4)31(36(56)50-12-6-7-29(50)35(55)49(5)21(3)32(52)45-20(2)34(54)51(30)18-19)48-33(53)28(16-23-14-24(40)17-25(41)15-23)47-38(58)46-26-8-10-27(11-9-26)60-39(42,43)44/h8-11,14-15,17,19-22,28-31H,6-7,12-13,16,18H2,1-5H3,(H,45,52)(H,48,53)(H2,46,47,58). The Morgan fingerprint density at radius 2 is 1.57 bits per heavy atom. The summed E-state index contributed by atoms with van der Waals surface area (Å²) in [5, 5.41) is 9.79. The molecule has 2 aromatic rings. The van der Waals surface area contributed by atoms with Crippen LogP contribution in [0.3, 0.4) is 0 Å². The maximum absolute atomic E-state index is 14.5. The zero-order chi connectivity index (χ0) is 44.2. The van der Waals surface area contributed by atoms with Crippen LogP contribution in [0, 0.1) is 17.6 Å². The highest BCUT2D eigenvalue weighted by molar-refractivity contribution is 5.98. The summed E-state index contributed by atoms with van der Waals surface area (Å²) in [4.78, 5) is 100. The van der Waals surface area contributed by atoms with Crippen LogP contribution >= 0.6 is 0 Å². The van der Waals surface area contributed by atoms with E-state index in [1.807, 2.05) is 0 Å². The quantitative estimate of drug-likeness (QED) is 0.239. The van der Waals surface area contributed by atoms with Gasteiger partial charge in [-0.3, -0.25) is 24.0 Å². The number of nitrogens with one attached hydrogen (secondary N) is 4. The predicted octanol–water partition coefficient (Wildman–Crippen LogP) is 2.61. The normalized spacial score (nSPS) is 26.1. The summed E-state index contributed by atoms with van der Waals surface area (Å²) >= 11 is 0. The molecule has 0 saturated carbocycles. The second-order valence-corrected chi connectivity index (χ2v) is 15.2. The Morgan fingerprint density at radius 3 is 2.20 bits per heavy atom. The molecule has 3 fully saturated rings. The van der Waals surface area contributed by atoms with Crippen LogP contribution in [0.2, 0.25) is 0 Å². The lowest BCUT2D eigenvalue weighted by Crippen LogP contribution is -2.62. The lowest BCUT2D eigenvalue weighted by atomic mass is 10.0. The summed E-state index contributed by atoms with van der Waals surface area (Å²) in [6, 6.07) is -2.63. The Morgan fingerprint density at radius 1 is 0.917 bits per heavy atom. The molecule has 21 heteroatoms. The molecular formula is C39H46F5N7O9. The lowest BCUT2D eigenvalue weighted by molar-refractivity contribution is -0.274. The minimum Gasteiger partial charge on any atom is -0.458 e. The van der Waals surface area contributed by atoms with E-state index in [-0.39, 0.29) is 43.1 Å². The Labute approximate surface area is 341 Å². The van der Waals surface area contributed by atoms with Gasteiger partial charge in [-0.2, -0.15) is 0 Å². The molecule has 3 aliphatic heterocycles. The van der Waals surface area contributed by atoms with Gasteiger partial charge in [0.05, 0.1) is 0 Å². The highest BCUT2D eigenvalue weighted by atomic mass is 19.4. The molecule has 0 bridgehead atoms. The number of ether oxygens (including phenoxy) is 2. The molecule has 0 aliphatic carbocycles. The van der Waals surface area contributed by atoms with Crippen LogP contribution in [0.5, 0.6) is 5.75 Å². The van der Waals surface area contributed by atoms with Crippen LogP contribution in [0.25, 0.3) is 0 Å². The van der Waals surface area contributed by atoms with Crippen molar-refractivity contribution < 1.29 is 65.0 Å². The van der Waals surface area contributed by atoms with Crippen LogP contribution in [-0.4, -0.2) is 125 Å². The monoisotopic (exact) mass is 851 g/mol. The number of rotatable bonds is 7. The molecule has 5 rings (SSSR count). The zero-order valence-electron chi connectivity index (χ0n) is 33.3. The van der Waals surface area contributed by atoms with Crippen LogP contribution in [0.1, 0.15) is 52.5 Å². The summed E-state index contributed by atoms with van der Waals surface area (Å²) < 4.78 is 76.1. The van der Waals surface area contributed by atoms with E-state index < -0.39 is 114 Å². The number of nitrogens with zero attached hydrogens (tertiary/aromatic N) is 3. The van der Waals surface area contributed by atoms with Crippen molar-refractivity contribution in [3.05, 3.63) is 59.7 Å². The molecule has 4 N–H and O–H groups in total. The van der Waals surface area contributed by atoms with Crippen molar-refractivity contribution in [3.8, 4) is 5.75 Å². The fourth-order valence-electron chi connectivity index (χ4n) is 7.43. The van der Waals surface area contributed by atoms with E-state index >= 15 is 0 Å². The van der Waals surface area contributed by atoms with E-state index in [1.54, 1.807) is 6.92 Å². The van der Waals surface area contributed by atoms with Crippen molar-refractivity contribution in [1.82, 2.24) is 30.7 Å². The van der Waals surface area contributed by atoms with Gasteiger partial charge in [0.25, 0.3) is 0 Å². The molecule has 8 unspecified atom stereocenters. The summed E-state index contributed by atoms with van der Waals surface area (Å²) in [6.07, 6.45) is -6.33. The number of benzene rings is 2. The number of anilines is 1. The van der Waals surface area contributed by atoms with Gasteiger partial charge in [-0.25, -0.2) is 18.4 Å². The maximum Gasteiger partial charge on any atom is 0.573 e. The molecule has 7 amide bonds. The third kappa shape index (κ3) is 11.0. The number of hydrogen-bond acceptors (Lipinski definition) is 9. The Kier molecular flexibility index (Phi) is 13.9. The number of likely N-dealkylation sites (N-methyl/N-ethyl adjacent to an activating group) is 1. The van der Waals surface area contributed by atoms with E-state index in [4.69, 9.17) is 4.74 Å². The van der Waals surface area contributed by atoms with Gasteiger partial charge < -0.3 is 45.4 Å². The van der Waals surface area contributed by atoms with Crippen LogP contribution in [0.4, 0.5) is 32.4 Å². The largest absolute Gasteiger partial charge is 0.573 e. The second-order valence-electron chi connectivity index (χ2n) is 15.2. The van der Waals surface area contributed by atoms with E-state index in [1.165, 1.54) is 37.6 Å². The van der Waals surface area contributed by atoms with Gasteiger partial charge in [-0.1, -0.05) is 6.92 Å². The van der Waals surface area contributed by atoms with Crippen molar-refractivity contribution in [1.29, 1.82) is 0 Å². The number of carbonyl (C=O) groups is 7. The average Bonchev–Trinajstić information content (AvgIpc) is 3.82. The topological polar surface area (TPSA) is 196 Å². The van der Waals surface area contributed by atoms with Crippen molar-refractivity contribution in [2.75, 3.05) is 25.5 Å². The number of hydrogen-bond donors (Lipinski definition) is 4. The average molecular weight is 852 g/mol. The van der Waals surface area contributed by atoms with Gasteiger partial charge in [0.2, 0.25) is 29.5 Å². The fourth-order valence-corrected chi connectivity index (χ4v) is 7.43. The minimum atomic E-state index is -4.98. The first kappa shape index (κ1) is 45.1. The molecular weight excluding hydrogens is 805 g/mol. The molecule has 2 aromatic carbocycles. The van der Waals surface area contributed by atoms with Crippen molar-refractivity contribution >= 4 is 47.2 Å². The first-order valence-electron chi connectivity index (χ1n) is 19.2. The summed E-state index contributed by atoms with van der Waals surface area (Å²) in [5.41, 5.74) is -0.151. The summed E-state index contributed by atoms with van der Waals surface area (Å²) in [5.74, 6) is -7.55. The molecule has 0 spiro atoms. The number of alkyl halides is 3. The van der Waals surface area contributed by atoms with Gasteiger partial charge in [0.15, 0.2) is 0 Å². The number of urea groups is 1. The van der Waals surface area contributed by atoms with Crippen LogP contribution in [-0.2, 0) is 39.9 Å². The van der Waals surface area contributed by atoms with Crippen molar-refractivity contribution in [2.45, 2.75) is 102 Å². The van der Waals surface area contributed by atoms with Crippen molar-refractivity contribution in [3.63, 3.8) is 0 Å². The molecule has 3 aliphatic rings. The number of fused-ring (bicyclic) bond motifs is 2. The first-order chi connectivity index (χ1) is 28.1. The maximum atomic E-state index is 14.5. The molecule has 3 saturated heterocycles. The number of esters is 1. The molecule has 3 heterocycles. The van der Waals surface area contributed by atoms with Crippen LogP contribution in [0.15, 0.2) is 42.5 Å². The third-order valence-electron chi connectivity index (χ3n) is 10.6. The van der Waals surface area contributed by atoms with Gasteiger partial charge >= 0.3 is 18.4 Å². The number of carbonyl (C=O) groups excluding carboxylic acids is 7. The smallest absolute Gasteiger partial charge is 0.458 e. The predicted molar refractivity (Wildman–Crippen MR) is 200 cm³/mol.